The quantitative estimate of drug-likeness (QED) is 0.785. The Kier molecular flexibility index (Phi) is 4.02. The molecule has 0 unspecified atom stereocenters. The molecule has 0 bridgehead atoms. The second-order valence-electron chi connectivity index (χ2n) is 8.06. The monoisotopic (exact) mass is 381 g/mol. The summed E-state index contributed by atoms with van der Waals surface area (Å²) in [6.45, 7) is 2.38. The lowest BCUT2D eigenvalue weighted by Gasteiger charge is -2.50. The molecule has 3 fully saturated rings. The summed E-state index contributed by atoms with van der Waals surface area (Å²) in [5.74, 6) is 0.476. The standard InChI is InChI=1S/C20H23N5OS/c1-25-6-4-20(5-7-25)10-14(11-20)22-19-23-16(18(26)24-19)8-13-2-3-15-17(9-13)27-12-21-15/h2-3,8-9,12,14H,4-7,10-11H2,1H3,(H2,22,23,24,26)/b16-8-. The van der Waals surface area contributed by atoms with Gasteiger partial charge in [0.05, 0.1) is 21.8 Å². The van der Waals surface area contributed by atoms with Crippen molar-refractivity contribution in [1.29, 1.82) is 0 Å². The summed E-state index contributed by atoms with van der Waals surface area (Å²) in [4.78, 5) is 23.7. The molecule has 1 spiro atoms. The van der Waals surface area contributed by atoms with Crippen LogP contribution in [0, 0.1) is 5.41 Å². The average molecular weight is 382 g/mol. The highest BCUT2D eigenvalue weighted by atomic mass is 32.1. The Bertz CT molecular complexity index is 946. The zero-order chi connectivity index (χ0) is 18.4. The van der Waals surface area contributed by atoms with Crippen molar-refractivity contribution in [3.05, 3.63) is 35.0 Å². The Morgan fingerprint density at radius 1 is 1.30 bits per heavy atom. The molecule has 3 heterocycles. The minimum atomic E-state index is -0.119. The van der Waals surface area contributed by atoms with Crippen LogP contribution in [0.4, 0.5) is 0 Å². The molecule has 2 saturated heterocycles. The molecule has 2 N–H and O–H groups in total. The third-order valence-electron chi connectivity index (χ3n) is 6.09. The van der Waals surface area contributed by atoms with Gasteiger partial charge in [0.15, 0.2) is 0 Å². The van der Waals surface area contributed by atoms with Crippen LogP contribution < -0.4 is 10.6 Å². The topological polar surface area (TPSA) is 69.6 Å². The van der Waals surface area contributed by atoms with Crippen molar-refractivity contribution in [2.45, 2.75) is 31.7 Å². The van der Waals surface area contributed by atoms with Crippen LogP contribution in [0.2, 0.25) is 0 Å². The van der Waals surface area contributed by atoms with Crippen LogP contribution in [0.25, 0.3) is 16.3 Å². The largest absolute Gasteiger partial charge is 0.321 e. The number of nitrogens with one attached hydrogen (secondary N) is 2. The number of fused-ring (bicyclic) bond motifs is 1. The van der Waals surface area contributed by atoms with Crippen LogP contribution in [0.1, 0.15) is 31.2 Å². The molecular formula is C20H23N5OS. The molecule has 0 radical (unpaired) electrons. The van der Waals surface area contributed by atoms with E-state index in [0.717, 1.165) is 28.6 Å². The maximum atomic E-state index is 12.3. The maximum absolute atomic E-state index is 12.3. The van der Waals surface area contributed by atoms with Gasteiger partial charge in [-0.05, 0) is 75.0 Å². The number of carbonyl (C=O) groups is 1. The first-order chi connectivity index (χ1) is 13.1. The highest BCUT2D eigenvalue weighted by Crippen LogP contribution is 2.50. The second kappa shape index (κ2) is 6.42. The van der Waals surface area contributed by atoms with Crippen LogP contribution in [0.15, 0.2) is 34.4 Å². The van der Waals surface area contributed by atoms with E-state index in [4.69, 9.17) is 4.99 Å². The summed E-state index contributed by atoms with van der Waals surface area (Å²) in [6.07, 6.45) is 6.70. The van der Waals surface area contributed by atoms with E-state index >= 15 is 0 Å². The number of rotatable bonds is 2. The van der Waals surface area contributed by atoms with E-state index in [1.165, 1.54) is 25.9 Å². The number of hydrogen-bond donors (Lipinski definition) is 2. The number of thiazole rings is 1. The number of piperidine rings is 1. The fourth-order valence-corrected chi connectivity index (χ4v) is 5.13. The van der Waals surface area contributed by atoms with Gasteiger partial charge in [-0.15, -0.1) is 11.3 Å². The Hall–Kier alpha value is -2.25. The van der Waals surface area contributed by atoms with Crippen molar-refractivity contribution in [2.75, 3.05) is 20.1 Å². The molecule has 3 aliphatic rings. The Morgan fingerprint density at radius 3 is 2.93 bits per heavy atom. The van der Waals surface area contributed by atoms with Crippen molar-refractivity contribution in [2.24, 2.45) is 10.4 Å². The van der Waals surface area contributed by atoms with Gasteiger partial charge in [0.2, 0.25) is 5.96 Å². The van der Waals surface area contributed by atoms with E-state index in [2.05, 4.69) is 33.6 Å². The summed E-state index contributed by atoms with van der Waals surface area (Å²) in [5, 5.41) is 6.03. The van der Waals surface area contributed by atoms with Crippen LogP contribution in [0.5, 0.6) is 0 Å². The van der Waals surface area contributed by atoms with Crippen LogP contribution in [-0.4, -0.2) is 47.9 Å². The lowest BCUT2D eigenvalue weighted by atomic mass is 9.60. The lowest BCUT2D eigenvalue weighted by molar-refractivity contribution is -0.115. The number of nitrogens with zero attached hydrogens (tertiary/aromatic N) is 3. The molecule has 5 rings (SSSR count). The van der Waals surface area contributed by atoms with E-state index in [1.54, 1.807) is 11.3 Å². The number of likely N-dealkylation sites (tertiary alicyclic amines) is 1. The number of guanidine groups is 1. The van der Waals surface area contributed by atoms with Gasteiger partial charge in [-0.25, -0.2) is 9.98 Å². The highest BCUT2D eigenvalue weighted by Gasteiger charge is 2.45. The predicted octanol–water partition coefficient (Wildman–Crippen LogP) is 2.59. The smallest absolute Gasteiger partial charge is 0.274 e. The third-order valence-corrected chi connectivity index (χ3v) is 6.88. The van der Waals surface area contributed by atoms with Gasteiger partial charge in [0.1, 0.15) is 5.70 Å². The van der Waals surface area contributed by atoms with Crippen molar-refractivity contribution in [3.63, 3.8) is 0 Å². The van der Waals surface area contributed by atoms with Crippen molar-refractivity contribution in [1.82, 2.24) is 20.5 Å². The summed E-state index contributed by atoms with van der Waals surface area (Å²) >= 11 is 1.60. The number of aliphatic imine (C=N–C) groups is 1. The number of benzene rings is 1. The number of amides is 1. The second-order valence-corrected chi connectivity index (χ2v) is 8.95. The zero-order valence-corrected chi connectivity index (χ0v) is 16.2. The molecule has 1 aromatic heterocycles. The molecule has 2 aromatic rings. The van der Waals surface area contributed by atoms with E-state index in [9.17, 15) is 4.79 Å². The molecule has 7 heteroatoms. The Morgan fingerprint density at radius 2 is 2.11 bits per heavy atom. The van der Waals surface area contributed by atoms with Gasteiger partial charge in [0.25, 0.3) is 5.91 Å². The first-order valence-corrected chi connectivity index (χ1v) is 10.4. The third kappa shape index (κ3) is 3.26. The van der Waals surface area contributed by atoms with E-state index in [1.807, 2.05) is 23.7 Å². The first-order valence-electron chi connectivity index (χ1n) is 9.48. The molecule has 1 aromatic carbocycles. The van der Waals surface area contributed by atoms with E-state index < -0.39 is 0 Å². The number of aromatic nitrogens is 1. The van der Waals surface area contributed by atoms with Gasteiger partial charge < -0.3 is 10.2 Å². The summed E-state index contributed by atoms with van der Waals surface area (Å²) < 4.78 is 1.12. The summed E-state index contributed by atoms with van der Waals surface area (Å²) in [7, 11) is 2.20. The van der Waals surface area contributed by atoms with Crippen molar-refractivity contribution >= 4 is 39.5 Å². The molecule has 2 aliphatic heterocycles. The summed E-state index contributed by atoms with van der Waals surface area (Å²) in [6, 6.07) is 6.34. The molecule has 0 atom stereocenters. The minimum Gasteiger partial charge on any atom is -0.321 e. The van der Waals surface area contributed by atoms with Gasteiger partial charge in [-0.1, -0.05) is 6.07 Å². The van der Waals surface area contributed by atoms with Crippen LogP contribution >= 0.6 is 11.3 Å². The van der Waals surface area contributed by atoms with Gasteiger partial charge in [0, 0.05) is 0 Å². The Balaban J connectivity index is 1.26. The van der Waals surface area contributed by atoms with E-state index in [0.29, 0.717) is 23.1 Å². The average Bonchev–Trinajstić information content (AvgIpc) is 3.22. The summed E-state index contributed by atoms with van der Waals surface area (Å²) in [5.41, 5.74) is 4.85. The van der Waals surface area contributed by atoms with Gasteiger partial charge in [-0.3, -0.25) is 10.1 Å². The zero-order valence-electron chi connectivity index (χ0n) is 15.4. The normalized spacial score (nSPS) is 25.9. The predicted molar refractivity (Wildman–Crippen MR) is 108 cm³/mol. The van der Waals surface area contributed by atoms with Crippen molar-refractivity contribution in [3.8, 4) is 0 Å². The molecular weight excluding hydrogens is 358 g/mol. The fourth-order valence-electron chi connectivity index (χ4n) is 4.40. The molecule has 1 aliphatic carbocycles. The number of hydrogen-bond acceptors (Lipinski definition) is 5. The van der Waals surface area contributed by atoms with Gasteiger partial charge in [-0.2, -0.15) is 0 Å². The molecule has 1 amide bonds. The van der Waals surface area contributed by atoms with E-state index in [-0.39, 0.29) is 5.91 Å². The lowest BCUT2D eigenvalue weighted by Crippen LogP contribution is -2.48. The molecule has 140 valence electrons. The highest BCUT2D eigenvalue weighted by molar-refractivity contribution is 7.16. The number of carbonyl (C=O) groups excluding carboxylic acids is 1. The van der Waals surface area contributed by atoms with Crippen LogP contribution in [0.3, 0.4) is 0 Å². The SMILES string of the molecule is CN1CCC2(CC1)CC(N=C1NC(=O)/C(=C/c3ccc4ncsc4c3)N1)C2. The van der Waals surface area contributed by atoms with Crippen molar-refractivity contribution < 1.29 is 4.79 Å². The molecule has 6 nitrogen and oxygen atoms in total. The maximum Gasteiger partial charge on any atom is 0.274 e. The first kappa shape index (κ1) is 16.9. The van der Waals surface area contributed by atoms with Gasteiger partial charge >= 0.3 is 0 Å². The van der Waals surface area contributed by atoms with Crippen LogP contribution in [-0.2, 0) is 4.79 Å². The minimum absolute atomic E-state index is 0.119. The molecule has 1 saturated carbocycles. The Labute approximate surface area is 162 Å². The fraction of sp³-hybridized carbons (Fsp3) is 0.450. The molecule has 27 heavy (non-hydrogen) atoms.